The molecule has 0 spiro atoms. The Hall–Kier alpha value is -2.34. The Labute approximate surface area is 164 Å². The van der Waals surface area contributed by atoms with Gasteiger partial charge in [-0.15, -0.1) is 0 Å². The predicted octanol–water partition coefficient (Wildman–Crippen LogP) is 4.85. The number of halogens is 3. The van der Waals surface area contributed by atoms with E-state index in [2.05, 4.69) is 10.3 Å². The number of fused-ring (bicyclic) bond motifs is 1. The first-order chi connectivity index (χ1) is 12.3. The molecule has 3 rings (SSSR count). The van der Waals surface area contributed by atoms with Crippen molar-refractivity contribution in [3.05, 3.63) is 68.3 Å². The summed E-state index contributed by atoms with van der Waals surface area (Å²) in [7, 11) is 0. The van der Waals surface area contributed by atoms with Gasteiger partial charge >= 0.3 is 0 Å². The summed E-state index contributed by atoms with van der Waals surface area (Å²) in [5, 5.41) is 3.80. The van der Waals surface area contributed by atoms with Crippen LogP contribution in [0.15, 0.2) is 36.4 Å². The minimum absolute atomic E-state index is 0.147. The number of benzene rings is 2. The zero-order valence-electron chi connectivity index (χ0n) is 13.4. The summed E-state index contributed by atoms with van der Waals surface area (Å²) < 4.78 is 0. The molecule has 132 valence electrons. The SMILES string of the molecule is Cc1nc2c(NC(=O)c3c(Cl)cccc3Cl)cccc2c(C(N)=O)c1Cl. The Balaban J connectivity index is 2.15. The van der Waals surface area contributed by atoms with Crippen LogP contribution in [0.2, 0.25) is 15.1 Å². The van der Waals surface area contributed by atoms with Crippen LogP contribution in [0.25, 0.3) is 10.9 Å². The van der Waals surface area contributed by atoms with Crippen LogP contribution in [0.1, 0.15) is 26.4 Å². The molecule has 0 saturated carbocycles. The maximum absolute atomic E-state index is 12.6. The molecule has 0 aliphatic carbocycles. The molecule has 0 radical (unpaired) electrons. The van der Waals surface area contributed by atoms with E-state index < -0.39 is 11.8 Å². The number of para-hydroxylation sites is 1. The van der Waals surface area contributed by atoms with Gasteiger partial charge in [-0.3, -0.25) is 9.59 Å². The van der Waals surface area contributed by atoms with Crippen molar-refractivity contribution in [3.8, 4) is 0 Å². The number of primary amides is 1. The zero-order chi connectivity index (χ0) is 19.0. The summed E-state index contributed by atoms with van der Waals surface area (Å²) >= 11 is 18.3. The lowest BCUT2D eigenvalue weighted by atomic mass is 10.1. The molecule has 5 nitrogen and oxygen atoms in total. The van der Waals surface area contributed by atoms with Crippen LogP contribution in [0.4, 0.5) is 5.69 Å². The van der Waals surface area contributed by atoms with Gasteiger partial charge in [0.15, 0.2) is 0 Å². The molecular formula is C18H12Cl3N3O2. The first-order valence-corrected chi connectivity index (χ1v) is 8.58. The van der Waals surface area contributed by atoms with Crippen molar-refractivity contribution in [3.63, 3.8) is 0 Å². The summed E-state index contributed by atoms with van der Waals surface area (Å²) in [6.45, 7) is 1.65. The standard InChI is InChI=1S/C18H12Cl3N3O2/c1-8-15(21)13(17(22)25)9-4-2-7-12(16(9)23-8)24-18(26)14-10(19)5-3-6-11(14)20/h2-7H,1H3,(H2,22,25)(H,24,26). The van der Waals surface area contributed by atoms with Gasteiger partial charge in [0.1, 0.15) is 0 Å². The second-order valence-electron chi connectivity index (χ2n) is 5.50. The third kappa shape index (κ3) is 3.21. The normalized spacial score (nSPS) is 10.8. The van der Waals surface area contributed by atoms with E-state index in [1.54, 1.807) is 43.3 Å². The van der Waals surface area contributed by atoms with Crippen molar-refractivity contribution in [2.24, 2.45) is 5.73 Å². The molecule has 3 aromatic rings. The number of carbonyl (C=O) groups is 2. The van der Waals surface area contributed by atoms with Crippen molar-refractivity contribution in [2.45, 2.75) is 6.92 Å². The van der Waals surface area contributed by atoms with Gasteiger partial charge in [-0.2, -0.15) is 0 Å². The number of hydrogen-bond donors (Lipinski definition) is 2. The molecule has 0 aliphatic heterocycles. The minimum atomic E-state index is -0.678. The summed E-state index contributed by atoms with van der Waals surface area (Å²) in [6.07, 6.45) is 0. The molecule has 2 aromatic carbocycles. The Kier molecular flexibility index (Phi) is 5.05. The van der Waals surface area contributed by atoms with Crippen molar-refractivity contribution in [1.29, 1.82) is 0 Å². The Bertz CT molecular complexity index is 1050. The molecule has 0 atom stereocenters. The number of aryl methyl sites for hydroxylation is 1. The number of carbonyl (C=O) groups excluding carboxylic acids is 2. The molecule has 2 amide bonds. The molecule has 0 saturated heterocycles. The van der Waals surface area contributed by atoms with E-state index in [1.807, 2.05) is 0 Å². The highest BCUT2D eigenvalue weighted by atomic mass is 35.5. The van der Waals surface area contributed by atoms with Gasteiger partial charge in [0, 0.05) is 5.39 Å². The van der Waals surface area contributed by atoms with Crippen LogP contribution < -0.4 is 11.1 Å². The fourth-order valence-corrected chi connectivity index (χ4v) is 3.43. The second kappa shape index (κ2) is 7.11. The maximum atomic E-state index is 12.6. The van der Waals surface area contributed by atoms with Crippen molar-refractivity contribution in [1.82, 2.24) is 4.98 Å². The molecule has 0 fully saturated rings. The maximum Gasteiger partial charge on any atom is 0.258 e. The molecule has 8 heteroatoms. The number of nitrogens with zero attached hydrogens (tertiary/aromatic N) is 1. The second-order valence-corrected chi connectivity index (χ2v) is 6.70. The molecular weight excluding hydrogens is 397 g/mol. The van der Waals surface area contributed by atoms with Gasteiger partial charge in [0.25, 0.3) is 11.8 Å². The van der Waals surface area contributed by atoms with Gasteiger partial charge < -0.3 is 11.1 Å². The topological polar surface area (TPSA) is 85.1 Å². The lowest BCUT2D eigenvalue weighted by molar-refractivity contribution is 0.0999. The highest BCUT2D eigenvalue weighted by Crippen LogP contribution is 2.32. The smallest absolute Gasteiger partial charge is 0.258 e. The number of amides is 2. The third-order valence-electron chi connectivity index (χ3n) is 3.81. The monoisotopic (exact) mass is 407 g/mol. The van der Waals surface area contributed by atoms with Crippen molar-refractivity contribution in [2.75, 3.05) is 5.32 Å². The first kappa shape index (κ1) is 18.5. The molecule has 0 aliphatic rings. The van der Waals surface area contributed by atoms with Crippen LogP contribution in [-0.2, 0) is 0 Å². The Morgan fingerprint density at radius 1 is 1.00 bits per heavy atom. The Morgan fingerprint density at radius 2 is 1.62 bits per heavy atom. The van der Waals surface area contributed by atoms with Crippen molar-refractivity contribution < 1.29 is 9.59 Å². The molecule has 0 unspecified atom stereocenters. The molecule has 26 heavy (non-hydrogen) atoms. The van der Waals surface area contributed by atoms with E-state index in [1.165, 1.54) is 0 Å². The minimum Gasteiger partial charge on any atom is -0.366 e. The van der Waals surface area contributed by atoms with E-state index >= 15 is 0 Å². The number of nitrogens with one attached hydrogen (secondary N) is 1. The van der Waals surface area contributed by atoms with Gasteiger partial charge in [-0.05, 0) is 25.1 Å². The van der Waals surface area contributed by atoms with E-state index in [-0.39, 0.29) is 26.2 Å². The predicted molar refractivity (Wildman–Crippen MR) is 104 cm³/mol. The Morgan fingerprint density at radius 3 is 2.23 bits per heavy atom. The van der Waals surface area contributed by atoms with E-state index in [4.69, 9.17) is 40.5 Å². The van der Waals surface area contributed by atoms with E-state index in [0.717, 1.165) is 0 Å². The zero-order valence-corrected chi connectivity index (χ0v) is 15.7. The lowest BCUT2D eigenvalue weighted by Gasteiger charge is -2.13. The van der Waals surface area contributed by atoms with Crippen LogP contribution in [0, 0.1) is 6.92 Å². The van der Waals surface area contributed by atoms with E-state index in [9.17, 15) is 9.59 Å². The number of pyridine rings is 1. The average Bonchev–Trinajstić information content (AvgIpc) is 2.56. The van der Waals surface area contributed by atoms with Crippen LogP contribution >= 0.6 is 34.8 Å². The number of nitrogens with two attached hydrogens (primary N) is 1. The van der Waals surface area contributed by atoms with Gasteiger partial charge in [0.2, 0.25) is 0 Å². The quantitative estimate of drug-likeness (QED) is 0.649. The molecule has 3 N–H and O–H groups in total. The third-order valence-corrected chi connectivity index (χ3v) is 4.90. The summed E-state index contributed by atoms with van der Waals surface area (Å²) in [4.78, 5) is 28.9. The largest absolute Gasteiger partial charge is 0.366 e. The fourth-order valence-electron chi connectivity index (χ4n) is 2.62. The van der Waals surface area contributed by atoms with Crippen molar-refractivity contribution >= 4 is 63.2 Å². The molecule has 0 bridgehead atoms. The first-order valence-electron chi connectivity index (χ1n) is 7.45. The van der Waals surface area contributed by atoms with E-state index in [0.29, 0.717) is 22.3 Å². The van der Waals surface area contributed by atoms with Crippen LogP contribution in [-0.4, -0.2) is 16.8 Å². The fraction of sp³-hybridized carbons (Fsp3) is 0.0556. The number of aromatic nitrogens is 1. The van der Waals surface area contributed by atoms with Gasteiger partial charge in [-0.1, -0.05) is 53.0 Å². The van der Waals surface area contributed by atoms with Gasteiger partial charge in [0.05, 0.1) is 43.1 Å². The van der Waals surface area contributed by atoms with Crippen LogP contribution in [0.3, 0.4) is 0 Å². The van der Waals surface area contributed by atoms with Gasteiger partial charge in [-0.25, -0.2) is 4.98 Å². The molecule has 1 aromatic heterocycles. The summed E-state index contributed by atoms with van der Waals surface area (Å²) in [5.74, 6) is -1.17. The highest BCUT2D eigenvalue weighted by molar-refractivity contribution is 6.40. The number of rotatable bonds is 3. The lowest BCUT2D eigenvalue weighted by Crippen LogP contribution is -2.16. The number of hydrogen-bond acceptors (Lipinski definition) is 3. The molecule has 1 heterocycles. The number of anilines is 1. The average molecular weight is 409 g/mol. The van der Waals surface area contributed by atoms with Crippen LogP contribution in [0.5, 0.6) is 0 Å². The summed E-state index contributed by atoms with van der Waals surface area (Å²) in [6, 6.07) is 9.75. The highest BCUT2D eigenvalue weighted by Gasteiger charge is 2.20. The summed E-state index contributed by atoms with van der Waals surface area (Å²) in [5.41, 5.74) is 6.95.